The maximum Gasteiger partial charge on any atom is 0.407 e. The molecule has 1 amide bonds. The zero-order valence-electron chi connectivity index (χ0n) is 10.9. The number of β-amino-alcohol motifs (C(OH)–C–C–N with tert-alkyl or cyclic N) is 1. The summed E-state index contributed by atoms with van der Waals surface area (Å²) >= 11 is 0. The van der Waals surface area contributed by atoms with Crippen LogP contribution < -0.4 is 5.32 Å². The van der Waals surface area contributed by atoms with E-state index in [4.69, 9.17) is 9.84 Å². The lowest BCUT2D eigenvalue weighted by atomic mass is 10.2. The van der Waals surface area contributed by atoms with E-state index >= 15 is 0 Å². The first-order valence-corrected chi connectivity index (χ1v) is 5.85. The molecule has 1 rings (SSSR count). The number of rotatable bonds is 3. The second-order valence-electron chi connectivity index (χ2n) is 5.44. The molecule has 1 heterocycles. The molecule has 7 heteroatoms. The van der Waals surface area contributed by atoms with Crippen LogP contribution in [-0.4, -0.2) is 59.9 Å². The lowest BCUT2D eigenvalue weighted by molar-refractivity contribution is -0.0730. The van der Waals surface area contributed by atoms with Gasteiger partial charge in [-0.2, -0.15) is 0 Å². The summed E-state index contributed by atoms with van der Waals surface area (Å²) in [7, 11) is 0. The Labute approximate surface area is 105 Å². The van der Waals surface area contributed by atoms with Gasteiger partial charge in [0.1, 0.15) is 11.7 Å². The van der Waals surface area contributed by atoms with E-state index in [0.29, 0.717) is 0 Å². The van der Waals surface area contributed by atoms with Crippen LogP contribution in [0.1, 0.15) is 20.8 Å². The predicted molar refractivity (Wildman–Crippen MR) is 61.6 cm³/mol. The molecule has 0 spiro atoms. The van der Waals surface area contributed by atoms with E-state index in [-0.39, 0.29) is 19.6 Å². The Bertz CT molecular complexity index is 305. The molecule has 5 nitrogen and oxygen atoms in total. The van der Waals surface area contributed by atoms with E-state index in [1.807, 2.05) is 0 Å². The van der Waals surface area contributed by atoms with Crippen molar-refractivity contribution in [2.75, 3.05) is 26.2 Å². The number of nitrogens with zero attached hydrogens (tertiary/aromatic N) is 1. The standard InChI is InChI=1S/C11H20F2N2O3/c1-10(2,3)18-9(17)14-4-5-15-6-8(16)11(12,13)7-15/h8,16H,4-7H2,1-3H3,(H,14,17). The number of likely N-dealkylation sites (tertiary alicyclic amines) is 1. The molecule has 1 aliphatic rings. The van der Waals surface area contributed by atoms with Crippen LogP contribution in [0.15, 0.2) is 0 Å². The maximum absolute atomic E-state index is 13.0. The first-order chi connectivity index (χ1) is 8.10. The number of aliphatic hydroxyl groups is 1. The average Bonchev–Trinajstić information content (AvgIpc) is 2.37. The minimum atomic E-state index is -3.06. The second-order valence-corrected chi connectivity index (χ2v) is 5.44. The van der Waals surface area contributed by atoms with Crippen LogP contribution in [0, 0.1) is 0 Å². The number of hydrogen-bond acceptors (Lipinski definition) is 4. The number of hydrogen-bond donors (Lipinski definition) is 2. The second kappa shape index (κ2) is 5.36. The molecule has 0 aromatic rings. The van der Waals surface area contributed by atoms with Gasteiger partial charge in [-0.3, -0.25) is 4.90 Å². The van der Waals surface area contributed by atoms with Gasteiger partial charge >= 0.3 is 6.09 Å². The topological polar surface area (TPSA) is 61.8 Å². The molecule has 106 valence electrons. The first kappa shape index (κ1) is 15.1. The third-order valence-electron chi connectivity index (χ3n) is 2.45. The van der Waals surface area contributed by atoms with Crippen molar-refractivity contribution < 1.29 is 23.4 Å². The molecule has 0 aromatic carbocycles. The Kier molecular flexibility index (Phi) is 4.50. The van der Waals surface area contributed by atoms with Gasteiger partial charge in [-0.15, -0.1) is 0 Å². The molecule has 1 saturated heterocycles. The third-order valence-corrected chi connectivity index (χ3v) is 2.45. The van der Waals surface area contributed by atoms with Crippen molar-refractivity contribution >= 4 is 6.09 Å². The number of alkyl halides is 2. The summed E-state index contributed by atoms with van der Waals surface area (Å²) < 4.78 is 31.0. The number of nitrogens with one attached hydrogen (secondary N) is 1. The number of ether oxygens (including phenoxy) is 1. The summed E-state index contributed by atoms with van der Waals surface area (Å²) in [6.07, 6.45) is -2.20. The van der Waals surface area contributed by atoms with Gasteiger partial charge in [0.05, 0.1) is 6.54 Å². The van der Waals surface area contributed by atoms with Gasteiger partial charge in [-0.05, 0) is 20.8 Å². The minimum Gasteiger partial charge on any atom is -0.444 e. The highest BCUT2D eigenvalue weighted by molar-refractivity contribution is 5.67. The Morgan fingerprint density at radius 2 is 2.17 bits per heavy atom. The quantitative estimate of drug-likeness (QED) is 0.794. The van der Waals surface area contributed by atoms with E-state index in [9.17, 15) is 13.6 Å². The van der Waals surface area contributed by atoms with Gasteiger partial charge in [-0.1, -0.05) is 0 Å². The van der Waals surface area contributed by atoms with Crippen molar-refractivity contribution in [3.05, 3.63) is 0 Å². The summed E-state index contributed by atoms with van der Waals surface area (Å²) in [6.45, 7) is 5.12. The van der Waals surface area contributed by atoms with E-state index in [1.54, 1.807) is 20.8 Å². The molecule has 0 saturated carbocycles. The van der Waals surface area contributed by atoms with Gasteiger partial charge in [0.2, 0.25) is 0 Å². The summed E-state index contributed by atoms with van der Waals surface area (Å²) in [4.78, 5) is 12.7. The minimum absolute atomic E-state index is 0.0804. The number of amides is 1. The van der Waals surface area contributed by atoms with Crippen molar-refractivity contribution in [1.82, 2.24) is 10.2 Å². The molecular weight excluding hydrogens is 246 g/mol. The fraction of sp³-hybridized carbons (Fsp3) is 0.909. The average molecular weight is 266 g/mol. The fourth-order valence-electron chi connectivity index (χ4n) is 1.65. The van der Waals surface area contributed by atoms with Crippen LogP contribution in [0.3, 0.4) is 0 Å². The molecule has 18 heavy (non-hydrogen) atoms. The van der Waals surface area contributed by atoms with E-state index < -0.39 is 30.3 Å². The van der Waals surface area contributed by atoms with Crippen molar-refractivity contribution in [2.45, 2.75) is 38.4 Å². The molecule has 0 radical (unpaired) electrons. The number of aliphatic hydroxyl groups excluding tert-OH is 1. The van der Waals surface area contributed by atoms with Crippen LogP contribution in [-0.2, 0) is 4.74 Å². The highest BCUT2D eigenvalue weighted by Gasteiger charge is 2.46. The maximum atomic E-state index is 13.0. The van der Waals surface area contributed by atoms with Crippen LogP contribution >= 0.6 is 0 Å². The van der Waals surface area contributed by atoms with Crippen LogP contribution in [0.5, 0.6) is 0 Å². The number of carbonyl (C=O) groups is 1. The zero-order valence-corrected chi connectivity index (χ0v) is 10.9. The van der Waals surface area contributed by atoms with Gasteiger partial charge < -0.3 is 15.2 Å². The molecule has 1 atom stereocenters. The Morgan fingerprint density at radius 3 is 2.61 bits per heavy atom. The molecule has 2 N–H and O–H groups in total. The number of alkyl carbamates (subject to hydrolysis) is 1. The number of halogens is 2. The fourth-order valence-corrected chi connectivity index (χ4v) is 1.65. The van der Waals surface area contributed by atoms with Gasteiger partial charge in [-0.25, -0.2) is 13.6 Å². The molecule has 0 aliphatic carbocycles. The lowest BCUT2D eigenvalue weighted by Gasteiger charge is -2.20. The molecule has 1 aliphatic heterocycles. The largest absolute Gasteiger partial charge is 0.444 e. The first-order valence-electron chi connectivity index (χ1n) is 5.85. The molecular formula is C11H20F2N2O3. The summed E-state index contributed by atoms with van der Waals surface area (Å²) in [5, 5.41) is 11.6. The summed E-state index contributed by atoms with van der Waals surface area (Å²) in [5.74, 6) is -3.06. The lowest BCUT2D eigenvalue weighted by Crippen LogP contribution is -2.38. The number of carbonyl (C=O) groups excluding carboxylic acids is 1. The van der Waals surface area contributed by atoms with Crippen LogP contribution in [0.25, 0.3) is 0 Å². The van der Waals surface area contributed by atoms with Crippen molar-refractivity contribution in [2.24, 2.45) is 0 Å². The van der Waals surface area contributed by atoms with Gasteiger partial charge in [0, 0.05) is 19.6 Å². The zero-order chi connectivity index (χ0) is 14.0. The van der Waals surface area contributed by atoms with E-state index in [0.717, 1.165) is 0 Å². The third kappa shape index (κ3) is 4.73. The van der Waals surface area contributed by atoms with Gasteiger partial charge in [0.15, 0.2) is 0 Å². The molecule has 0 aromatic heterocycles. The van der Waals surface area contributed by atoms with Gasteiger partial charge in [0.25, 0.3) is 5.92 Å². The predicted octanol–water partition coefficient (Wildman–Crippen LogP) is 0.823. The highest BCUT2D eigenvalue weighted by atomic mass is 19.3. The van der Waals surface area contributed by atoms with Crippen molar-refractivity contribution in [3.8, 4) is 0 Å². The Hall–Kier alpha value is -0.950. The van der Waals surface area contributed by atoms with Crippen LogP contribution in [0.4, 0.5) is 13.6 Å². The summed E-state index contributed by atoms with van der Waals surface area (Å²) in [6, 6.07) is 0. The van der Waals surface area contributed by atoms with E-state index in [2.05, 4.69) is 5.32 Å². The summed E-state index contributed by atoms with van der Waals surface area (Å²) in [5.41, 5.74) is -0.582. The van der Waals surface area contributed by atoms with E-state index in [1.165, 1.54) is 4.90 Å². The Morgan fingerprint density at radius 1 is 1.56 bits per heavy atom. The highest BCUT2D eigenvalue weighted by Crippen LogP contribution is 2.26. The van der Waals surface area contributed by atoms with Crippen LogP contribution in [0.2, 0.25) is 0 Å². The monoisotopic (exact) mass is 266 g/mol. The molecule has 1 unspecified atom stereocenters. The SMILES string of the molecule is CC(C)(C)OC(=O)NCCN1CC(O)C(F)(F)C1. The van der Waals surface area contributed by atoms with Crippen molar-refractivity contribution in [1.29, 1.82) is 0 Å². The smallest absolute Gasteiger partial charge is 0.407 e. The molecule has 1 fully saturated rings. The van der Waals surface area contributed by atoms with Crippen molar-refractivity contribution in [3.63, 3.8) is 0 Å². The normalized spacial score (nSPS) is 24.0. The molecule has 0 bridgehead atoms. The Balaban J connectivity index is 2.22.